The first-order chi connectivity index (χ1) is 8.70. The summed E-state index contributed by atoms with van der Waals surface area (Å²) in [5.74, 6) is -0.0860. The molecule has 5 heteroatoms. The van der Waals surface area contributed by atoms with Gasteiger partial charge in [-0.15, -0.1) is 0 Å². The van der Waals surface area contributed by atoms with Crippen LogP contribution >= 0.6 is 0 Å². The summed E-state index contributed by atoms with van der Waals surface area (Å²) in [7, 11) is 0. The fraction of sp³-hybridized carbons (Fsp3) is 0.385. The number of hydrogen-bond acceptors (Lipinski definition) is 3. The van der Waals surface area contributed by atoms with Crippen LogP contribution in [-0.4, -0.2) is 41.1 Å². The van der Waals surface area contributed by atoms with Gasteiger partial charge in [0, 0.05) is 13.0 Å². The van der Waals surface area contributed by atoms with Crippen molar-refractivity contribution in [2.24, 2.45) is 0 Å². The molecule has 2 unspecified atom stereocenters. The van der Waals surface area contributed by atoms with Gasteiger partial charge in [-0.1, -0.05) is 30.3 Å². The number of hydrogen-bond donors (Lipinski definition) is 2. The molecular weight excluding hydrogens is 232 g/mol. The monoisotopic (exact) mass is 248 g/mol. The first-order valence-corrected chi connectivity index (χ1v) is 5.92. The molecule has 2 atom stereocenters. The highest BCUT2D eigenvalue weighted by Crippen LogP contribution is 2.17. The third kappa shape index (κ3) is 2.87. The molecule has 5 nitrogen and oxygen atoms in total. The molecule has 1 aromatic rings. The lowest BCUT2D eigenvalue weighted by molar-refractivity contribution is -0.132. The SMILES string of the molecule is O=CNC1CC(O)CN1C(=O)Cc1ccccc1. The maximum absolute atomic E-state index is 12.1. The topological polar surface area (TPSA) is 69.6 Å². The van der Waals surface area contributed by atoms with Gasteiger partial charge in [0.05, 0.1) is 12.5 Å². The number of carbonyl (C=O) groups is 2. The fourth-order valence-electron chi connectivity index (χ4n) is 2.20. The van der Waals surface area contributed by atoms with Gasteiger partial charge in [0.25, 0.3) is 0 Å². The molecule has 2 amide bonds. The lowest BCUT2D eigenvalue weighted by Gasteiger charge is -2.23. The van der Waals surface area contributed by atoms with E-state index in [0.717, 1.165) is 5.56 Å². The first-order valence-electron chi connectivity index (χ1n) is 5.92. The second-order valence-corrected chi connectivity index (χ2v) is 4.40. The number of nitrogens with zero attached hydrogens (tertiary/aromatic N) is 1. The summed E-state index contributed by atoms with van der Waals surface area (Å²) in [4.78, 5) is 24.1. The average molecular weight is 248 g/mol. The average Bonchev–Trinajstić information content (AvgIpc) is 2.72. The van der Waals surface area contributed by atoms with E-state index in [9.17, 15) is 14.7 Å². The Morgan fingerprint density at radius 1 is 1.44 bits per heavy atom. The van der Waals surface area contributed by atoms with Crippen molar-refractivity contribution in [3.63, 3.8) is 0 Å². The molecule has 96 valence electrons. The Kier molecular flexibility index (Phi) is 3.94. The summed E-state index contributed by atoms with van der Waals surface area (Å²) in [6.45, 7) is 0.275. The Balaban J connectivity index is 2.01. The van der Waals surface area contributed by atoms with Crippen LogP contribution in [-0.2, 0) is 16.0 Å². The Bertz CT molecular complexity index is 422. The van der Waals surface area contributed by atoms with E-state index in [1.165, 1.54) is 4.90 Å². The Labute approximate surface area is 105 Å². The minimum Gasteiger partial charge on any atom is -0.391 e. The highest BCUT2D eigenvalue weighted by molar-refractivity contribution is 5.79. The van der Waals surface area contributed by atoms with Gasteiger partial charge in [0.2, 0.25) is 12.3 Å². The molecule has 0 radical (unpaired) electrons. The van der Waals surface area contributed by atoms with E-state index in [-0.39, 0.29) is 18.9 Å². The van der Waals surface area contributed by atoms with Crippen LogP contribution < -0.4 is 5.32 Å². The number of benzene rings is 1. The predicted molar refractivity (Wildman–Crippen MR) is 65.5 cm³/mol. The highest BCUT2D eigenvalue weighted by Gasteiger charge is 2.33. The van der Waals surface area contributed by atoms with Crippen LogP contribution in [0.15, 0.2) is 30.3 Å². The van der Waals surface area contributed by atoms with Crippen molar-refractivity contribution in [1.29, 1.82) is 0 Å². The van der Waals surface area contributed by atoms with Crippen molar-refractivity contribution in [2.45, 2.75) is 25.1 Å². The van der Waals surface area contributed by atoms with Gasteiger partial charge >= 0.3 is 0 Å². The molecule has 2 N–H and O–H groups in total. The van der Waals surface area contributed by atoms with Gasteiger partial charge in [-0.3, -0.25) is 9.59 Å². The van der Waals surface area contributed by atoms with Gasteiger partial charge in [-0.2, -0.15) is 0 Å². The van der Waals surface area contributed by atoms with E-state index in [2.05, 4.69) is 5.32 Å². The summed E-state index contributed by atoms with van der Waals surface area (Å²) in [5.41, 5.74) is 0.925. The van der Waals surface area contributed by atoms with E-state index >= 15 is 0 Å². The maximum Gasteiger partial charge on any atom is 0.228 e. The summed E-state index contributed by atoms with van der Waals surface area (Å²) in [6.07, 6.45) is 0.269. The summed E-state index contributed by atoms with van der Waals surface area (Å²) in [6, 6.07) is 9.41. The lowest BCUT2D eigenvalue weighted by atomic mass is 10.1. The van der Waals surface area contributed by atoms with Crippen molar-refractivity contribution in [2.75, 3.05) is 6.54 Å². The number of β-amino-alcohol motifs (C(OH)–C–C–N with tert-alkyl or cyclic N) is 1. The van der Waals surface area contributed by atoms with Gasteiger partial charge < -0.3 is 15.3 Å². The van der Waals surface area contributed by atoms with Gasteiger partial charge in [-0.05, 0) is 5.56 Å². The second-order valence-electron chi connectivity index (χ2n) is 4.40. The van der Waals surface area contributed by atoms with Crippen LogP contribution in [0.1, 0.15) is 12.0 Å². The Hall–Kier alpha value is -1.88. The molecule has 0 saturated carbocycles. The van der Waals surface area contributed by atoms with E-state index in [1.807, 2.05) is 30.3 Å². The van der Waals surface area contributed by atoms with Gasteiger partial charge in [-0.25, -0.2) is 0 Å². The molecule has 1 aliphatic rings. The number of amides is 2. The molecule has 1 fully saturated rings. The number of nitrogens with one attached hydrogen (secondary N) is 1. The van der Waals surface area contributed by atoms with Crippen LogP contribution in [0, 0.1) is 0 Å². The summed E-state index contributed by atoms with van der Waals surface area (Å²) < 4.78 is 0. The van der Waals surface area contributed by atoms with Gasteiger partial charge in [0.15, 0.2) is 0 Å². The molecule has 2 rings (SSSR count). The van der Waals surface area contributed by atoms with Crippen molar-refractivity contribution in [3.05, 3.63) is 35.9 Å². The summed E-state index contributed by atoms with van der Waals surface area (Å²) in [5, 5.41) is 12.1. The molecule has 1 aromatic carbocycles. The lowest BCUT2D eigenvalue weighted by Crippen LogP contribution is -2.44. The van der Waals surface area contributed by atoms with E-state index < -0.39 is 12.3 Å². The van der Waals surface area contributed by atoms with E-state index in [1.54, 1.807) is 0 Å². The number of aliphatic hydroxyl groups is 1. The Morgan fingerprint density at radius 2 is 2.17 bits per heavy atom. The first kappa shape index (κ1) is 12.6. The molecule has 1 saturated heterocycles. The zero-order valence-corrected chi connectivity index (χ0v) is 9.95. The highest BCUT2D eigenvalue weighted by atomic mass is 16.3. The maximum atomic E-state index is 12.1. The number of rotatable bonds is 4. The smallest absolute Gasteiger partial charge is 0.228 e. The predicted octanol–water partition coefficient (Wildman–Crippen LogP) is -0.106. The molecule has 0 spiro atoms. The van der Waals surface area contributed by atoms with Crippen molar-refractivity contribution in [3.8, 4) is 0 Å². The molecule has 0 aliphatic carbocycles. The minimum absolute atomic E-state index is 0.0860. The van der Waals surface area contributed by atoms with Crippen molar-refractivity contribution >= 4 is 12.3 Å². The van der Waals surface area contributed by atoms with Crippen molar-refractivity contribution in [1.82, 2.24) is 10.2 Å². The van der Waals surface area contributed by atoms with Crippen LogP contribution in [0.4, 0.5) is 0 Å². The van der Waals surface area contributed by atoms with Crippen LogP contribution in [0.3, 0.4) is 0 Å². The standard InChI is InChI=1S/C13H16N2O3/c16-9-14-12-7-11(17)8-15(12)13(18)6-10-4-2-1-3-5-10/h1-5,9,11-12,17H,6-8H2,(H,14,16). The number of likely N-dealkylation sites (tertiary alicyclic amines) is 1. The van der Waals surface area contributed by atoms with E-state index in [0.29, 0.717) is 12.8 Å². The minimum atomic E-state index is -0.567. The number of carbonyl (C=O) groups excluding carboxylic acids is 2. The summed E-state index contributed by atoms with van der Waals surface area (Å²) >= 11 is 0. The molecular formula is C13H16N2O3. The molecule has 1 heterocycles. The quantitative estimate of drug-likeness (QED) is 0.731. The van der Waals surface area contributed by atoms with Gasteiger partial charge in [0.1, 0.15) is 6.17 Å². The van der Waals surface area contributed by atoms with Crippen LogP contribution in [0.5, 0.6) is 0 Å². The molecule has 0 aromatic heterocycles. The number of aliphatic hydroxyl groups excluding tert-OH is 1. The normalized spacial score (nSPS) is 22.8. The largest absolute Gasteiger partial charge is 0.391 e. The fourth-order valence-corrected chi connectivity index (χ4v) is 2.20. The second kappa shape index (κ2) is 5.64. The molecule has 1 aliphatic heterocycles. The molecule has 0 bridgehead atoms. The third-order valence-electron chi connectivity index (χ3n) is 3.06. The third-order valence-corrected chi connectivity index (χ3v) is 3.06. The Morgan fingerprint density at radius 3 is 2.83 bits per heavy atom. The zero-order chi connectivity index (χ0) is 13.0. The zero-order valence-electron chi connectivity index (χ0n) is 9.95. The molecule has 18 heavy (non-hydrogen) atoms. The van der Waals surface area contributed by atoms with Crippen LogP contribution in [0.2, 0.25) is 0 Å². The van der Waals surface area contributed by atoms with E-state index in [4.69, 9.17) is 0 Å². The van der Waals surface area contributed by atoms with Crippen molar-refractivity contribution < 1.29 is 14.7 Å². The van der Waals surface area contributed by atoms with Crippen LogP contribution in [0.25, 0.3) is 0 Å².